The van der Waals surface area contributed by atoms with Gasteiger partial charge in [-0.1, -0.05) is 0 Å². The molecule has 1 rings (SSSR count). The van der Waals surface area contributed by atoms with Gasteiger partial charge in [-0.3, -0.25) is 0 Å². The molecule has 0 spiro atoms. The predicted molar refractivity (Wildman–Crippen MR) is 28.3 cm³/mol. The normalized spacial score (nSPS) is 6.00. The van der Waals surface area contributed by atoms with E-state index in [-0.39, 0.29) is 0 Å². The van der Waals surface area contributed by atoms with Crippen LogP contribution in [0.3, 0.4) is 0 Å². The van der Waals surface area contributed by atoms with Crippen LogP contribution in [0.5, 0.6) is 0 Å². The molecule has 0 aliphatic rings. The molecule has 0 unspecified atom stereocenters. The molecular weight excluding hydrogens is 70.5 g/mol. The molecular formula is C2H2B3N. The molecule has 0 amide bonds. The van der Waals surface area contributed by atoms with E-state index in [1.807, 2.05) is 19.5 Å². The Balaban J connectivity index is 3.00. The van der Waals surface area contributed by atoms with Crippen LogP contribution in [0, 0.1) is 0 Å². The SMILES string of the molecule is b1bcnbc1. The number of rotatable bonds is 0. The summed E-state index contributed by atoms with van der Waals surface area (Å²) in [7, 11) is 1.75. The Hall–Kier alpha value is -0.265. The molecule has 1 heterocycles. The zero-order valence-corrected chi connectivity index (χ0v) is 3.33. The van der Waals surface area contributed by atoms with Gasteiger partial charge in [0.25, 0.3) is 0 Å². The first-order valence-corrected chi connectivity index (χ1v) is 1.85. The van der Waals surface area contributed by atoms with Crippen LogP contribution >= 0.6 is 0 Å². The van der Waals surface area contributed by atoms with Crippen molar-refractivity contribution in [1.82, 2.24) is 4.89 Å². The van der Waals surface area contributed by atoms with E-state index in [1.54, 1.807) is 13.1 Å². The third-order valence-electron chi connectivity index (χ3n) is 0.566. The average molecular weight is 72.5 g/mol. The molecule has 0 fully saturated rings. The molecule has 24 valence electrons. The Kier molecular flexibility index (Phi) is 1.31. The van der Waals surface area contributed by atoms with Crippen molar-refractivity contribution in [3.63, 3.8) is 0 Å². The van der Waals surface area contributed by atoms with Gasteiger partial charge >= 0.3 is 37.5 Å². The van der Waals surface area contributed by atoms with E-state index in [9.17, 15) is 0 Å². The summed E-state index contributed by atoms with van der Waals surface area (Å²) in [6, 6.07) is 0. The maximum atomic E-state index is 3.78. The van der Waals surface area contributed by atoms with Gasteiger partial charge in [0.15, 0.2) is 0 Å². The van der Waals surface area contributed by atoms with Gasteiger partial charge in [-0.25, -0.2) is 0 Å². The van der Waals surface area contributed by atoms with Gasteiger partial charge in [-0.15, -0.1) is 0 Å². The molecule has 1 aromatic heterocycles. The second-order valence-corrected chi connectivity index (χ2v) is 1.02. The number of hydrogen-bond acceptors (Lipinski definition) is 1. The van der Waals surface area contributed by atoms with Gasteiger partial charge in [-0.2, -0.15) is 0 Å². The van der Waals surface area contributed by atoms with Crippen LogP contribution in [-0.4, -0.2) is 25.5 Å². The zero-order valence-electron chi connectivity index (χ0n) is 3.33. The van der Waals surface area contributed by atoms with Crippen LogP contribution < -0.4 is 0 Å². The van der Waals surface area contributed by atoms with Crippen LogP contribution in [0.1, 0.15) is 0 Å². The Labute approximate surface area is 38.5 Å². The van der Waals surface area contributed by atoms with Crippen LogP contribution in [0.25, 0.3) is 0 Å². The summed E-state index contributed by atoms with van der Waals surface area (Å²) in [5.74, 6) is 1.89. The van der Waals surface area contributed by atoms with Crippen molar-refractivity contribution in [3.05, 3.63) is 11.9 Å². The molecule has 0 saturated heterocycles. The Bertz CT molecular complexity index is 80.7. The standard InChI is InChI=1S/C2H2B3N/c1-3-4-2-6-5-1/h1-2H. The third kappa shape index (κ3) is 0.849. The van der Waals surface area contributed by atoms with Crippen molar-refractivity contribution in [2.45, 2.75) is 0 Å². The van der Waals surface area contributed by atoms with Crippen molar-refractivity contribution >= 4 is 20.6 Å². The second kappa shape index (κ2) is 2.01. The molecule has 0 bridgehead atoms. The van der Waals surface area contributed by atoms with E-state index in [2.05, 4.69) is 4.89 Å². The summed E-state index contributed by atoms with van der Waals surface area (Å²) in [5, 5.41) is 0. The fraction of sp³-hybridized carbons (Fsp3) is 0. The number of nitrogens with zero attached hydrogens (tertiary/aromatic N) is 1. The van der Waals surface area contributed by atoms with E-state index < -0.39 is 0 Å². The van der Waals surface area contributed by atoms with Gasteiger partial charge in [0.05, 0.1) is 0 Å². The van der Waals surface area contributed by atoms with Gasteiger partial charge < -0.3 is 0 Å². The van der Waals surface area contributed by atoms with Crippen molar-refractivity contribution in [1.29, 1.82) is 0 Å². The van der Waals surface area contributed by atoms with Crippen LogP contribution in [0.15, 0.2) is 11.9 Å². The molecule has 4 heteroatoms. The molecule has 6 heavy (non-hydrogen) atoms. The van der Waals surface area contributed by atoms with Gasteiger partial charge in [0.1, 0.15) is 0 Å². The molecule has 0 aromatic carbocycles. The molecule has 1 aromatic rings. The first-order chi connectivity index (χ1) is 3.00. The predicted octanol–water partition coefficient (Wildman–Crippen LogP) is -0.904. The maximum absolute atomic E-state index is 3.78. The molecule has 0 aliphatic heterocycles. The van der Waals surface area contributed by atoms with Crippen LogP contribution in [0.2, 0.25) is 0 Å². The van der Waals surface area contributed by atoms with E-state index in [0.717, 1.165) is 0 Å². The second-order valence-electron chi connectivity index (χ2n) is 1.02. The molecule has 1 nitrogen and oxygen atoms in total. The number of hydrogen-bond donors (Lipinski definition) is 0. The van der Waals surface area contributed by atoms with Gasteiger partial charge in [0.2, 0.25) is 0 Å². The minimum absolute atomic E-state index is 1.75. The van der Waals surface area contributed by atoms with Crippen LogP contribution in [-0.2, 0) is 0 Å². The summed E-state index contributed by atoms with van der Waals surface area (Å²) in [4.78, 5) is 3.78. The fourth-order valence-electron chi connectivity index (χ4n) is 0.313. The topological polar surface area (TPSA) is 12.9 Å². The van der Waals surface area contributed by atoms with Crippen molar-refractivity contribution in [2.24, 2.45) is 0 Å². The van der Waals surface area contributed by atoms with Crippen molar-refractivity contribution < 1.29 is 0 Å². The molecule has 0 atom stereocenters. The molecule has 0 aliphatic carbocycles. The van der Waals surface area contributed by atoms with E-state index in [4.69, 9.17) is 0 Å². The average Bonchev–Trinajstić information content (AvgIpc) is 1.72. The first-order valence-electron chi connectivity index (χ1n) is 1.85. The summed E-state index contributed by atoms with van der Waals surface area (Å²) in [6.45, 7) is 3.83. The summed E-state index contributed by atoms with van der Waals surface area (Å²) in [6.07, 6.45) is 1.75. The Morgan fingerprint density at radius 2 is 2.33 bits per heavy atom. The molecule has 0 radical (unpaired) electrons. The van der Waals surface area contributed by atoms with Crippen LogP contribution in [0.4, 0.5) is 0 Å². The zero-order chi connectivity index (χ0) is 4.24. The van der Waals surface area contributed by atoms with Crippen molar-refractivity contribution in [2.75, 3.05) is 0 Å². The number of aromatic nitrogens is 1. The first kappa shape index (κ1) is 3.91. The fourth-order valence-corrected chi connectivity index (χ4v) is 0.313. The van der Waals surface area contributed by atoms with Gasteiger partial charge in [0, 0.05) is 0 Å². The monoisotopic (exact) mass is 73.0 g/mol. The molecule has 0 N–H and O–H groups in total. The van der Waals surface area contributed by atoms with Gasteiger partial charge in [-0.05, 0) is 0 Å². The quantitative estimate of drug-likeness (QED) is 0.387. The Morgan fingerprint density at radius 1 is 1.33 bits per heavy atom. The van der Waals surface area contributed by atoms with E-state index in [1.165, 1.54) is 0 Å². The van der Waals surface area contributed by atoms with E-state index in [0.29, 0.717) is 0 Å². The minimum atomic E-state index is 1.75. The summed E-state index contributed by atoms with van der Waals surface area (Å²) < 4.78 is 0. The summed E-state index contributed by atoms with van der Waals surface area (Å²) >= 11 is 0. The van der Waals surface area contributed by atoms with Crippen molar-refractivity contribution in [3.8, 4) is 0 Å². The molecule has 0 saturated carbocycles. The van der Waals surface area contributed by atoms with E-state index >= 15 is 0 Å². The Morgan fingerprint density at radius 3 is 2.50 bits per heavy atom. The third-order valence-corrected chi connectivity index (χ3v) is 0.566. The summed E-state index contributed by atoms with van der Waals surface area (Å²) in [5.41, 5.74) is 0.